The number of hydrogen-bond donors (Lipinski definition) is 0. The Bertz CT molecular complexity index is 2550. The van der Waals surface area contributed by atoms with E-state index >= 15 is 0 Å². The molecule has 0 saturated heterocycles. The molecule has 0 aliphatic heterocycles. The molecule has 44 heavy (non-hydrogen) atoms. The van der Waals surface area contributed by atoms with Crippen LogP contribution in [0.4, 0.5) is 0 Å². The second kappa shape index (κ2) is 9.91. The van der Waals surface area contributed by atoms with Gasteiger partial charge in [0.2, 0.25) is 0 Å². The van der Waals surface area contributed by atoms with Crippen molar-refractivity contribution >= 4 is 63.8 Å². The quantitative estimate of drug-likeness (QED) is 0.183. The van der Waals surface area contributed by atoms with Gasteiger partial charge in [0, 0.05) is 20.2 Å². The SMILES string of the molecule is [2H]c1ccc2cc(-c3ccc(-c4c5ccccc5c(-c5cccc6sc7cc(C)ccc7c56)c5ccccc45)cc3)ccc2c1. The maximum Gasteiger partial charge on any atom is 0.0623 e. The smallest absolute Gasteiger partial charge is 0.0623 e. The molecule has 1 heteroatoms. The Kier molecular flexibility index (Phi) is 5.46. The van der Waals surface area contributed by atoms with Crippen molar-refractivity contribution in [2.45, 2.75) is 6.92 Å². The van der Waals surface area contributed by atoms with Gasteiger partial charge in [-0.25, -0.2) is 0 Å². The van der Waals surface area contributed by atoms with Gasteiger partial charge in [-0.3, -0.25) is 0 Å². The van der Waals surface area contributed by atoms with Crippen molar-refractivity contribution in [3.8, 4) is 33.4 Å². The lowest BCUT2D eigenvalue weighted by molar-refractivity contribution is 1.52. The van der Waals surface area contributed by atoms with Crippen LogP contribution >= 0.6 is 11.3 Å². The zero-order chi connectivity index (χ0) is 30.1. The van der Waals surface area contributed by atoms with Crippen LogP contribution in [0.2, 0.25) is 0 Å². The predicted octanol–water partition coefficient (Wildman–Crippen LogP) is 12.8. The highest BCUT2D eigenvalue weighted by Crippen LogP contribution is 2.48. The summed E-state index contributed by atoms with van der Waals surface area (Å²) in [5, 5.41) is 10.0. The Hall–Kier alpha value is -5.24. The van der Waals surface area contributed by atoms with Gasteiger partial charge in [0.1, 0.15) is 0 Å². The molecule has 0 fully saturated rings. The van der Waals surface area contributed by atoms with Crippen LogP contribution in [-0.2, 0) is 0 Å². The number of fused-ring (bicyclic) bond motifs is 6. The zero-order valence-corrected chi connectivity index (χ0v) is 25.1. The van der Waals surface area contributed by atoms with E-state index in [2.05, 4.69) is 134 Å². The van der Waals surface area contributed by atoms with E-state index in [1.807, 2.05) is 29.5 Å². The Morgan fingerprint density at radius 3 is 1.89 bits per heavy atom. The summed E-state index contributed by atoms with van der Waals surface area (Å²) in [6.45, 7) is 2.17. The van der Waals surface area contributed by atoms with E-state index in [0.29, 0.717) is 6.04 Å². The maximum absolute atomic E-state index is 7.94. The van der Waals surface area contributed by atoms with E-state index in [-0.39, 0.29) is 0 Å². The van der Waals surface area contributed by atoms with E-state index in [9.17, 15) is 0 Å². The van der Waals surface area contributed by atoms with Crippen molar-refractivity contribution in [2.24, 2.45) is 0 Å². The van der Waals surface area contributed by atoms with Crippen LogP contribution in [0.15, 0.2) is 152 Å². The fourth-order valence-electron chi connectivity index (χ4n) is 7.01. The molecule has 0 amide bonds. The monoisotopic (exact) mass is 577 g/mol. The summed E-state index contributed by atoms with van der Waals surface area (Å²) >= 11 is 1.89. The molecule has 1 heterocycles. The van der Waals surface area contributed by atoms with Crippen molar-refractivity contribution in [3.05, 3.63) is 157 Å². The molecule has 0 saturated carbocycles. The maximum atomic E-state index is 7.94. The minimum Gasteiger partial charge on any atom is -0.135 e. The standard InChI is InChI=1S/C43H28S/c1-27-17-24-37-40(25-27)44-39-16-8-15-38(43(37)39)42-35-13-6-4-11-33(35)41(34-12-5-7-14-36(34)42)30-21-18-29(19-22-30)32-23-20-28-9-2-3-10-31(28)26-32/h2-26H,1H3/i2D. The fourth-order valence-corrected chi connectivity index (χ4v) is 8.24. The van der Waals surface area contributed by atoms with Crippen LogP contribution in [0.1, 0.15) is 6.93 Å². The summed E-state index contributed by atoms with van der Waals surface area (Å²) in [4.78, 5) is 0. The van der Waals surface area contributed by atoms with Crippen molar-refractivity contribution in [1.82, 2.24) is 0 Å². The van der Waals surface area contributed by atoms with Crippen LogP contribution in [0.25, 0.3) is 85.9 Å². The first-order chi connectivity index (χ1) is 22.1. The van der Waals surface area contributed by atoms with Gasteiger partial charge in [0.05, 0.1) is 1.37 Å². The molecule has 9 aromatic rings. The summed E-state index contributed by atoms with van der Waals surface area (Å²) in [7, 11) is 0. The molecular weight excluding hydrogens is 549 g/mol. The molecule has 0 nitrogen and oxygen atoms in total. The Morgan fingerprint density at radius 1 is 0.455 bits per heavy atom. The van der Waals surface area contributed by atoms with Gasteiger partial charge in [0.15, 0.2) is 0 Å². The number of hydrogen-bond acceptors (Lipinski definition) is 1. The van der Waals surface area contributed by atoms with Gasteiger partial charge in [-0.1, -0.05) is 133 Å². The molecular formula is C43H28S. The molecule has 9 rings (SSSR count). The minimum atomic E-state index is 0.542. The third kappa shape index (κ3) is 3.90. The topological polar surface area (TPSA) is 0 Å². The molecule has 0 radical (unpaired) electrons. The second-order valence-electron chi connectivity index (χ2n) is 11.7. The molecule has 0 aliphatic carbocycles. The molecule has 206 valence electrons. The van der Waals surface area contributed by atoms with Crippen LogP contribution in [0, 0.1) is 6.92 Å². The summed E-state index contributed by atoms with van der Waals surface area (Å²) < 4.78 is 10.6. The van der Waals surface area contributed by atoms with Gasteiger partial charge in [-0.2, -0.15) is 0 Å². The van der Waals surface area contributed by atoms with Gasteiger partial charge in [-0.15, -0.1) is 11.3 Å². The van der Waals surface area contributed by atoms with Crippen molar-refractivity contribution in [2.75, 3.05) is 0 Å². The molecule has 0 bridgehead atoms. The number of aryl methyl sites for hydroxylation is 1. The second-order valence-corrected chi connectivity index (χ2v) is 12.8. The van der Waals surface area contributed by atoms with Crippen LogP contribution in [-0.4, -0.2) is 0 Å². The molecule has 0 unspecified atom stereocenters. The van der Waals surface area contributed by atoms with Crippen molar-refractivity contribution in [3.63, 3.8) is 0 Å². The third-order valence-electron chi connectivity index (χ3n) is 9.05. The molecule has 0 N–H and O–H groups in total. The molecule has 0 spiro atoms. The van der Waals surface area contributed by atoms with E-state index in [1.165, 1.54) is 80.7 Å². The average Bonchev–Trinajstić information content (AvgIpc) is 3.45. The Balaban J connectivity index is 1.27. The zero-order valence-electron chi connectivity index (χ0n) is 25.3. The molecule has 8 aromatic carbocycles. The normalized spacial score (nSPS) is 12.1. The fraction of sp³-hybridized carbons (Fsp3) is 0.0233. The molecule has 1 aromatic heterocycles. The van der Waals surface area contributed by atoms with Gasteiger partial charge < -0.3 is 0 Å². The lowest BCUT2D eigenvalue weighted by atomic mass is 9.84. The third-order valence-corrected chi connectivity index (χ3v) is 10.2. The van der Waals surface area contributed by atoms with E-state index in [4.69, 9.17) is 1.37 Å². The van der Waals surface area contributed by atoms with Crippen LogP contribution in [0.3, 0.4) is 0 Å². The Labute approximate surface area is 261 Å². The molecule has 0 atom stereocenters. The number of rotatable bonds is 3. The Morgan fingerprint density at radius 2 is 1.14 bits per heavy atom. The van der Waals surface area contributed by atoms with E-state index < -0.39 is 0 Å². The van der Waals surface area contributed by atoms with Gasteiger partial charge in [-0.05, 0) is 96.4 Å². The first kappa shape index (κ1) is 24.2. The first-order valence-corrected chi connectivity index (χ1v) is 15.9. The summed E-state index contributed by atoms with van der Waals surface area (Å²) in [6.07, 6.45) is 0. The summed E-state index contributed by atoms with van der Waals surface area (Å²) in [5.74, 6) is 0. The highest BCUT2D eigenvalue weighted by atomic mass is 32.1. The van der Waals surface area contributed by atoms with Gasteiger partial charge >= 0.3 is 0 Å². The van der Waals surface area contributed by atoms with Crippen molar-refractivity contribution in [1.29, 1.82) is 0 Å². The number of thiophene rings is 1. The highest BCUT2D eigenvalue weighted by molar-refractivity contribution is 7.26. The minimum absolute atomic E-state index is 0.542. The van der Waals surface area contributed by atoms with Crippen LogP contribution in [0.5, 0.6) is 0 Å². The highest BCUT2D eigenvalue weighted by Gasteiger charge is 2.19. The van der Waals surface area contributed by atoms with E-state index in [1.54, 1.807) is 0 Å². The lowest BCUT2D eigenvalue weighted by Crippen LogP contribution is -1.91. The predicted molar refractivity (Wildman–Crippen MR) is 193 cm³/mol. The van der Waals surface area contributed by atoms with Gasteiger partial charge in [0.25, 0.3) is 0 Å². The van der Waals surface area contributed by atoms with Crippen molar-refractivity contribution < 1.29 is 1.37 Å². The largest absolute Gasteiger partial charge is 0.135 e. The summed E-state index contributed by atoms with van der Waals surface area (Å²) in [5.41, 5.74) is 8.76. The number of benzene rings is 8. The average molecular weight is 578 g/mol. The summed E-state index contributed by atoms with van der Waals surface area (Å²) in [6, 6.07) is 53.4. The van der Waals surface area contributed by atoms with E-state index in [0.717, 1.165) is 10.8 Å². The first-order valence-electron chi connectivity index (χ1n) is 15.6. The molecule has 0 aliphatic rings. The van der Waals surface area contributed by atoms with Crippen LogP contribution < -0.4 is 0 Å². The lowest BCUT2D eigenvalue weighted by Gasteiger charge is -2.18.